The fraction of sp³-hybridized carbons (Fsp3) is 0.357. The number of hydrogen-bond acceptors (Lipinski definition) is 3. The van der Waals surface area contributed by atoms with E-state index in [2.05, 4.69) is 29.2 Å². The second-order valence-corrected chi connectivity index (χ2v) is 5.08. The predicted molar refractivity (Wildman–Crippen MR) is 74.0 cm³/mol. The summed E-state index contributed by atoms with van der Waals surface area (Å²) in [5.74, 6) is 2.77. The van der Waals surface area contributed by atoms with Crippen LogP contribution >= 0.6 is 11.3 Å². The lowest BCUT2D eigenvalue weighted by atomic mass is 10.2. The molecule has 0 aliphatic carbocycles. The van der Waals surface area contributed by atoms with Crippen molar-refractivity contribution in [2.75, 3.05) is 0 Å². The molecule has 2 nitrogen and oxygen atoms in total. The Kier molecular flexibility index (Phi) is 4.13. The Hall–Kier alpha value is -1.37. The van der Waals surface area contributed by atoms with Gasteiger partial charge in [0, 0.05) is 6.54 Å². The summed E-state index contributed by atoms with van der Waals surface area (Å²) in [6.07, 6.45) is 7.58. The highest BCUT2D eigenvalue weighted by Gasteiger charge is 2.06. The SMILES string of the molecule is C#CC(CCC)NCc1nc2ccccc2s1. The van der Waals surface area contributed by atoms with E-state index in [0.29, 0.717) is 0 Å². The lowest BCUT2D eigenvalue weighted by Crippen LogP contribution is -2.26. The largest absolute Gasteiger partial charge is 0.297 e. The summed E-state index contributed by atoms with van der Waals surface area (Å²) in [4.78, 5) is 4.57. The maximum absolute atomic E-state index is 5.47. The molecule has 1 N–H and O–H groups in total. The van der Waals surface area contributed by atoms with Crippen molar-refractivity contribution in [1.82, 2.24) is 10.3 Å². The first-order chi connectivity index (χ1) is 8.33. The topological polar surface area (TPSA) is 24.9 Å². The van der Waals surface area contributed by atoms with E-state index < -0.39 is 0 Å². The quantitative estimate of drug-likeness (QED) is 0.817. The van der Waals surface area contributed by atoms with Crippen LogP contribution in [0.1, 0.15) is 24.8 Å². The van der Waals surface area contributed by atoms with Gasteiger partial charge >= 0.3 is 0 Å². The minimum atomic E-state index is 0.159. The van der Waals surface area contributed by atoms with E-state index in [1.54, 1.807) is 11.3 Å². The molecule has 0 fully saturated rings. The summed E-state index contributed by atoms with van der Waals surface area (Å²) in [5.41, 5.74) is 1.07. The van der Waals surface area contributed by atoms with Gasteiger partial charge in [-0.3, -0.25) is 5.32 Å². The van der Waals surface area contributed by atoms with Crippen LogP contribution in [0, 0.1) is 12.3 Å². The normalized spacial score (nSPS) is 12.5. The lowest BCUT2D eigenvalue weighted by Gasteiger charge is -2.09. The third-order valence-electron chi connectivity index (χ3n) is 2.62. The van der Waals surface area contributed by atoms with E-state index in [0.717, 1.165) is 29.9 Å². The maximum atomic E-state index is 5.47. The summed E-state index contributed by atoms with van der Waals surface area (Å²) in [6, 6.07) is 8.35. The lowest BCUT2D eigenvalue weighted by molar-refractivity contribution is 0.562. The molecule has 0 spiro atoms. The number of terminal acetylenes is 1. The van der Waals surface area contributed by atoms with E-state index in [-0.39, 0.29) is 6.04 Å². The van der Waals surface area contributed by atoms with Gasteiger partial charge in [0.15, 0.2) is 0 Å². The Bertz CT molecular complexity index is 491. The van der Waals surface area contributed by atoms with Crippen LogP contribution in [-0.2, 0) is 6.54 Å². The minimum absolute atomic E-state index is 0.159. The molecule has 0 saturated heterocycles. The van der Waals surface area contributed by atoms with Gasteiger partial charge in [0.1, 0.15) is 5.01 Å². The molecule has 1 unspecified atom stereocenters. The van der Waals surface area contributed by atoms with Gasteiger partial charge in [-0.2, -0.15) is 0 Å². The number of para-hydroxylation sites is 1. The summed E-state index contributed by atoms with van der Waals surface area (Å²) in [5, 5.41) is 4.46. The molecule has 0 saturated carbocycles. The van der Waals surface area contributed by atoms with Crippen molar-refractivity contribution in [1.29, 1.82) is 0 Å². The van der Waals surface area contributed by atoms with Crippen molar-refractivity contribution < 1.29 is 0 Å². The molecule has 1 heterocycles. The average Bonchev–Trinajstić information content (AvgIpc) is 2.77. The maximum Gasteiger partial charge on any atom is 0.108 e. The number of nitrogens with one attached hydrogen (secondary N) is 1. The summed E-state index contributed by atoms with van der Waals surface area (Å²) < 4.78 is 1.23. The Labute approximate surface area is 106 Å². The number of thiazole rings is 1. The van der Waals surface area contributed by atoms with Gasteiger partial charge < -0.3 is 0 Å². The van der Waals surface area contributed by atoms with Gasteiger partial charge in [-0.25, -0.2) is 4.98 Å². The molecule has 0 aliphatic heterocycles. The van der Waals surface area contributed by atoms with Crippen LogP contribution in [0.3, 0.4) is 0 Å². The fourth-order valence-corrected chi connectivity index (χ4v) is 2.66. The van der Waals surface area contributed by atoms with E-state index in [1.165, 1.54) is 4.70 Å². The Morgan fingerprint density at radius 2 is 2.29 bits per heavy atom. The molecule has 0 amide bonds. The molecule has 0 radical (unpaired) electrons. The van der Waals surface area contributed by atoms with E-state index in [1.807, 2.05) is 18.2 Å². The van der Waals surface area contributed by atoms with Crippen molar-refractivity contribution >= 4 is 21.6 Å². The highest BCUT2D eigenvalue weighted by atomic mass is 32.1. The Morgan fingerprint density at radius 3 is 3.00 bits per heavy atom. The van der Waals surface area contributed by atoms with E-state index in [4.69, 9.17) is 6.42 Å². The molecule has 1 atom stereocenters. The van der Waals surface area contributed by atoms with Crippen molar-refractivity contribution in [3.8, 4) is 12.3 Å². The second kappa shape index (κ2) is 5.81. The monoisotopic (exact) mass is 244 g/mol. The van der Waals surface area contributed by atoms with Crippen LogP contribution in [0.15, 0.2) is 24.3 Å². The van der Waals surface area contributed by atoms with Crippen molar-refractivity contribution in [2.24, 2.45) is 0 Å². The third kappa shape index (κ3) is 3.06. The molecule has 17 heavy (non-hydrogen) atoms. The molecule has 1 aromatic heterocycles. The van der Waals surface area contributed by atoms with Gasteiger partial charge in [-0.15, -0.1) is 17.8 Å². The first-order valence-corrected chi connectivity index (χ1v) is 6.69. The predicted octanol–water partition coefficient (Wildman–Crippen LogP) is 3.19. The van der Waals surface area contributed by atoms with Gasteiger partial charge in [0.25, 0.3) is 0 Å². The smallest absolute Gasteiger partial charge is 0.108 e. The highest BCUT2D eigenvalue weighted by molar-refractivity contribution is 7.18. The number of aromatic nitrogens is 1. The summed E-state index contributed by atoms with van der Waals surface area (Å²) in [6.45, 7) is 2.90. The molecule has 1 aromatic carbocycles. The van der Waals surface area contributed by atoms with Crippen LogP contribution < -0.4 is 5.32 Å². The molecule has 0 aliphatic rings. The Balaban J connectivity index is 2.01. The highest BCUT2D eigenvalue weighted by Crippen LogP contribution is 2.21. The minimum Gasteiger partial charge on any atom is -0.297 e. The Morgan fingerprint density at radius 1 is 1.47 bits per heavy atom. The second-order valence-electron chi connectivity index (χ2n) is 3.96. The molecule has 88 valence electrons. The fourth-order valence-electron chi connectivity index (χ4n) is 1.74. The first kappa shape index (κ1) is 12.1. The average molecular weight is 244 g/mol. The zero-order valence-electron chi connectivity index (χ0n) is 9.94. The molecule has 2 rings (SSSR count). The number of nitrogens with zero attached hydrogens (tertiary/aromatic N) is 1. The molecular weight excluding hydrogens is 228 g/mol. The van der Waals surface area contributed by atoms with Gasteiger partial charge in [0.2, 0.25) is 0 Å². The molecular formula is C14H16N2S. The van der Waals surface area contributed by atoms with Crippen LogP contribution in [-0.4, -0.2) is 11.0 Å². The standard InChI is InChI=1S/C14H16N2S/c1-3-7-11(4-2)15-10-14-16-12-8-5-6-9-13(12)17-14/h2,5-6,8-9,11,15H,3,7,10H2,1H3. The van der Waals surface area contributed by atoms with Crippen LogP contribution in [0.25, 0.3) is 10.2 Å². The molecule has 0 bridgehead atoms. The number of hydrogen-bond donors (Lipinski definition) is 1. The van der Waals surface area contributed by atoms with Crippen LogP contribution in [0.2, 0.25) is 0 Å². The first-order valence-electron chi connectivity index (χ1n) is 5.87. The molecule has 2 aromatic rings. The van der Waals surface area contributed by atoms with Crippen molar-refractivity contribution in [3.05, 3.63) is 29.3 Å². The van der Waals surface area contributed by atoms with Crippen LogP contribution in [0.4, 0.5) is 0 Å². The zero-order valence-corrected chi connectivity index (χ0v) is 10.8. The zero-order chi connectivity index (χ0) is 12.1. The summed E-state index contributed by atoms with van der Waals surface area (Å²) >= 11 is 1.73. The van der Waals surface area contributed by atoms with Crippen LogP contribution in [0.5, 0.6) is 0 Å². The summed E-state index contributed by atoms with van der Waals surface area (Å²) in [7, 11) is 0. The third-order valence-corrected chi connectivity index (χ3v) is 3.65. The van der Waals surface area contributed by atoms with Gasteiger partial charge in [0.05, 0.1) is 16.3 Å². The van der Waals surface area contributed by atoms with E-state index in [9.17, 15) is 0 Å². The van der Waals surface area contributed by atoms with E-state index >= 15 is 0 Å². The van der Waals surface area contributed by atoms with Gasteiger partial charge in [-0.1, -0.05) is 31.4 Å². The van der Waals surface area contributed by atoms with Crippen molar-refractivity contribution in [2.45, 2.75) is 32.4 Å². The number of rotatable bonds is 5. The molecule has 3 heteroatoms. The van der Waals surface area contributed by atoms with Gasteiger partial charge in [-0.05, 0) is 18.6 Å². The van der Waals surface area contributed by atoms with Crippen molar-refractivity contribution in [3.63, 3.8) is 0 Å². The number of benzene rings is 1. The number of fused-ring (bicyclic) bond motifs is 1.